The Morgan fingerprint density at radius 2 is 2.12 bits per heavy atom. The first kappa shape index (κ1) is 12.4. The van der Waals surface area contributed by atoms with Crippen LogP contribution in [0.3, 0.4) is 0 Å². The van der Waals surface area contributed by atoms with Crippen LogP contribution in [0.15, 0.2) is 0 Å². The number of carbonyl (C=O) groups is 2. The van der Waals surface area contributed by atoms with Crippen LogP contribution in [-0.2, 0) is 9.53 Å². The number of amides is 1. The Bertz CT molecular complexity index is 335. The Labute approximate surface area is 102 Å². The quantitative estimate of drug-likeness (QED) is 0.538. The minimum atomic E-state index is -0.621. The monoisotopic (exact) mass is 237 g/mol. The molecule has 5 nitrogen and oxygen atoms in total. The van der Waals surface area contributed by atoms with Gasteiger partial charge < -0.3 is 14.7 Å². The third-order valence-corrected chi connectivity index (χ3v) is 3.80. The number of aliphatic hydroxyl groups is 1. The molecule has 2 radical (unpaired) electrons. The zero-order valence-electron chi connectivity index (χ0n) is 9.83. The second-order valence-electron chi connectivity index (χ2n) is 4.66. The van der Waals surface area contributed by atoms with Crippen molar-refractivity contribution in [2.24, 2.45) is 11.8 Å². The summed E-state index contributed by atoms with van der Waals surface area (Å²) in [5, 5.41) is 9.80. The summed E-state index contributed by atoms with van der Waals surface area (Å²) >= 11 is 0. The molecule has 1 saturated heterocycles. The summed E-state index contributed by atoms with van der Waals surface area (Å²) in [5.74, 6) is -1.09. The summed E-state index contributed by atoms with van der Waals surface area (Å²) in [4.78, 5) is 24.5. The first-order chi connectivity index (χ1) is 8.06. The number of carbonyl (C=O) groups excluding carboxylic acids is 2. The fourth-order valence-corrected chi connectivity index (χ4v) is 3.05. The minimum absolute atomic E-state index is 0.0171. The van der Waals surface area contributed by atoms with Gasteiger partial charge in [0.25, 0.3) is 0 Å². The molecule has 0 spiro atoms. The summed E-state index contributed by atoms with van der Waals surface area (Å²) in [6.45, 7) is 2.36. The van der Waals surface area contributed by atoms with E-state index < -0.39 is 23.9 Å². The molecule has 1 heterocycles. The standard InChI is InChI=1S/C11H16BNO4/c1-2-17-10(15)9-6-3-4-8(14)7(6)5-13(9)11(12)16/h6-9,14H,2-5H2,1H3/t6-,7-,8?,9-/m0/s1. The number of esters is 1. The van der Waals surface area contributed by atoms with Crippen LogP contribution in [0.5, 0.6) is 0 Å². The van der Waals surface area contributed by atoms with Gasteiger partial charge in [0.1, 0.15) is 6.04 Å². The average Bonchev–Trinajstić information content (AvgIpc) is 2.79. The van der Waals surface area contributed by atoms with E-state index in [4.69, 9.17) is 12.6 Å². The van der Waals surface area contributed by atoms with Crippen LogP contribution in [0.4, 0.5) is 4.79 Å². The van der Waals surface area contributed by atoms with Crippen molar-refractivity contribution in [1.29, 1.82) is 0 Å². The lowest BCUT2D eigenvalue weighted by molar-refractivity contribution is -0.148. The first-order valence-electron chi connectivity index (χ1n) is 5.97. The number of likely N-dealkylation sites (tertiary alicyclic amines) is 1. The number of nitrogens with zero attached hydrogens (tertiary/aromatic N) is 1. The van der Waals surface area contributed by atoms with Gasteiger partial charge in [0.05, 0.1) is 12.7 Å². The van der Waals surface area contributed by atoms with Crippen LogP contribution in [0, 0.1) is 11.8 Å². The van der Waals surface area contributed by atoms with E-state index in [0.29, 0.717) is 13.0 Å². The van der Waals surface area contributed by atoms with E-state index in [1.807, 2.05) is 0 Å². The lowest BCUT2D eigenvalue weighted by Crippen LogP contribution is -2.43. The maximum absolute atomic E-state index is 11.9. The van der Waals surface area contributed by atoms with Gasteiger partial charge in [-0.25, -0.2) is 4.79 Å². The van der Waals surface area contributed by atoms with Gasteiger partial charge in [-0.3, -0.25) is 4.79 Å². The number of hydrogen-bond acceptors (Lipinski definition) is 4. The molecule has 4 atom stereocenters. The predicted octanol–water partition coefficient (Wildman–Crippen LogP) is -0.0907. The Balaban J connectivity index is 2.19. The van der Waals surface area contributed by atoms with Gasteiger partial charge in [-0.05, 0) is 25.7 Å². The normalized spacial score (nSPS) is 35.8. The Hall–Kier alpha value is -1.04. The highest BCUT2D eigenvalue weighted by Crippen LogP contribution is 2.42. The van der Waals surface area contributed by atoms with Crippen LogP contribution in [0.1, 0.15) is 19.8 Å². The van der Waals surface area contributed by atoms with Gasteiger partial charge in [-0.15, -0.1) is 0 Å². The van der Waals surface area contributed by atoms with Crippen molar-refractivity contribution < 1.29 is 19.4 Å². The molecule has 1 aliphatic carbocycles. The van der Waals surface area contributed by atoms with Gasteiger partial charge in [-0.1, -0.05) is 0 Å². The third kappa shape index (κ3) is 2.06. The number of aliphatic hydroxyl groups excluding tert-OH is 1. The summed E-state index contributed by atoms with van der Waals surface area (Å²) in [5.41, 5.74) is 0. The van der Waals surface area contributed by atoms with Crippen molar-refractivity contribution in [1.82, 2.24) is 4.90 Å². The highest BCUT2D eigenvalue weighted by Gasteiger charge is 2.52. The highest BCUT2D eigenvalue weighted by atomic mass is 16.5. The van der Waals surface area contributed by atoms with Gasteiger partial charge in [0.15, 0.2) is 5.81 Å². The SMILES string of the molecule is [B]C(=O)N1C[C@@H]2C(O)CC[C@@H]2[C@H]1C(=O)OCC. The fraction of sp³-hybridized carbons (Fsp3) is 0.818. The fourth-order valence-electron chi connectivity index (χ4n) is 3.05. The molecular formula is C11H16BNO4. The van der Waals surface area contributed by atoms with Crippen LogP contribution >= 0.6 is 0 Å². The maximum Gasteiger partial charge on any atom is 0.329 e. The van der Waals surface area contributed by atoms with Crippen molar-refractivity contribution in [2.45, 2.75) is 31.9 Å². The van der Waals surface area contributed by atoms with Crippen molar-refractivity contribution in [3.63, 3.8) is 0 Å². The first-order valence-corrected chi connectivity index (χ1v) is 5.97. The molecule has 1 aliphatic heterocycles. The summed E-state index contributed by atoms with van der Waals surface area (Å²) in [6.07, 6.45) is 0.970. The van der Waals surface area contributed by atoms with Crippen LogP contribution in [0.2, 0.25) is 0 Å². The topological polar surface area (TPSA) is 66.8 Å². The molecule has 2 rings (SSSR count). The Kier molecular flexibility index (Phi) is 3.42. The van der Waals surface area contributed by atoms with Crippen molar-refractivity contribution in [2.75, 3.05) is 13.2 Å². The largest absolute Gasteiger partial charge is 0.464 e. The molecule has 0 aromatic rings. The predicted molar refractivity (Wildman–Crippen MR) is 60.5 cm³/mol. The van der Waals surface area contributed by atoms with E-state index in [0.717, 1.165) is 6.42 Å². The lowest BCUT2D eigenvalue weighted by atomic mass is 9.93. The molecule has 2 fully saturated rings. The molecule has 17 heavy (non-hydrogen) atoms. The van der Waals surface area contributed by atoms with Crippen LogP contribution < -0.4 is 0 Å². The van der Waals surface area contributed by atoms with Crippen molar-refractivity contribution in [3.05, 3.63) is 0 Å². The molecule has 1 saturated carbocycles. The number of ether oxygens (including phenoxy) is 1. The van der Waals surface area contributed by atoms with Crippen molar-refractivity contribution >= 4 is 19.6 Å². The third-order valence-electron chi connectivity index (χ3n) is 3.80. The van der Waals surface area contributed by atoms with E-state index in [1.54, 1.807) is 6.92 Å². The van der Waals surface area contributed by atoms with Gasteiger partial charge in [0, 0.05) is 12.5 Å². The van der Waals surface area contributed by atoms with Gasteiger partial charge in [0.2, 0.25) is 7.85 Å². The Morgan fingerprint density at radius 1 is 1.41 bits per heavy atom. The second kappa shape index (κ2) is 4.68. The Morgan fingerprint density at radius 3 is 2.71 bits per heavy atom. The molecule has 92 valence electrons. The number of rotatable bonds is 2. The molecule has 2 aliphatic rings. The van der Waals surface area contributed by atoms with Gasteiger partial charge >= 0.3 is 5.97 Å². The van der Waals surface area contributed by atoms with Crippen LogP contribution in [-0.4, -0.2) is 54.9 Å². The minimum Gasteiger partial charge on any atom is -0.464 e. The molecule has 1 amide bonds. The van der Waals surface area contributed by atoms with E-state index in [9.17, 15) is 14.7 Å². The van der Waals surface area contributed by atoms with Gasteiger partial charge in [-0.2, -0.15) is 0 Å². The second-order valence-corrected chi connectivity index (χ2v) is 4.66. The molecule has 6 heteroatoms. The molecule has 0 aromatic heterocycles. The highest BCUT2D eigenvalue weighted by molar-refractivity contribution is 6.57. The van der Waals surface area contributed by atoms with Crippen LogP contribution in [0.25, 0.3) is 0 Å². The number of hydrogen-bond donors (Lipinski definition) is 1. The van der Waals surface area contributed by atoms with E-state index in [-0.39, 0.29) is 18.4 Å². The smallest absolute Gasteiger partial charge is 0.329 e. The van der Waals surface area contributed by atoms with E-state index in [1.165, 1.54) is 4.90 Å². The molecular weight excluding hydrogens is 221 g/mol. The zero-order valence-corrected chi connectivity index (χ0v) is 9.83. The zero-order chi connectivity index (χ0) is 12.6. The van der Waals surface area contributed by atoms with Crippen molar-refractivity contribution in [3.8, 4) is 0 Å². The molecule has 1 N–H and O–H groups in total. The molecule has 0 bridgehead atoms. The van der Waals surface area contributed by atoms with E-state index in [2.05, 4.69) is 0 Å². The van der Waals surface area contributed by atoms with E-state index >= 15 is 0 Å². The molecule has 0 aromatic carbocycles. The summed E-state index contributed by atoms with van der Waals surface area (Å²) < 4.78 is 4.98. The number of fused-ring (bicyclic) bond motifs is 1. The summed E-state index contributed by atoms with van der Waals surface area (Å²) in [7, 11) is 5.27. The lowest BCUT2D eigenvalue weighted by Gasteiger charge is -2.25. The summed E-state index contributed by atoms with van der Waals surface area (Å²) in [6, 6.07) is -0.616. The maximum atomic E-state index is 11.9. The molecule has 1 unspecified atom stereocenters. The average molecular weight is 237 g/mol.